The molecule has 0 unspecified atom stereocenters. The Balaban J connectivity index is 0.000000720. The molecule has 1 aromatic heterocycles. The van der Waals surface area contributed by atoms with Crippen LogP contribution < -0.4 is 5.73 Å². The van der Waals surface area contributed by atoms with Crippen molar-refractivity contribution in [1.82, 2.24) is 4.98 Å². The molecule has 0 aliphatic carbocycles. The van der Waals surface area contributed by atoms with E-state index < -0.39 is 0 Å². The summed E-state index contributed by atoms with van der Waals surface area (Å²) in [5.74, 6) is 0.600. The first-order valence-electron chi connectivity index (χ1n) is 3.47. The lowest BCUT2D eigenvalue weighted by molar-refractivity contribution is 1.37. The number of benzene rings is 1. The summed E-state index contributed by atoms with van der Waals surface area (Å²) in [6.45, 7) is 0. The second-order valence-corrected chi connectivity index (χ2v) is 2.42. The number of pyridine rings is 1. The number of anilines is 1. The van der Waals surface area contributed by atoms with Crippen molar-refractivity contribution in [2.75, 3.05) is 5.73 Å². The second kappa shape index (κ2) is 2.23. The third-order valence-electron chi connectivity index (χ3n) is 1.70. The standard InChI is InChI=1S/C9H8N2/c10-9-8-4-2-1-3-7(8)5-6-11-9/h1-6H,(H2,10,11)/p+1. The average molecular weight is 145 g/mol. The summed E-state index contributed by atoms with van der Waals surface area (Å²) in [7, 11) is 0. The highest BCUT2D eigenvalue weighted by Gasteiger charge is 1.94. The van der Waals surface area contributed by atoms with Crippen LogP contribution in [0.2, 0.25) is 0 Å². The van der Waals surface area contributed by atoms with E-state index in [0.29, 0.717) is 5.82 Å². The van der Waals surface area contributed by atoms with Crippen molar-refractivity contribution in [3.05, 3.63) is 36.5 Å². The lowest BCUT2D eigenvalue weighted by Crippen LogP contribution is -1.89. The van der Waals surface area contributed by atoms with E-state index in [4.69, 9.17) is 5.73 Å². The van der Waals surface area contributed by atoms with Crippen molar-refractivity contribution >= 4 is 16.6 Å². The van der Waals surface area contributed by atoms with E-state index in [-0.39, 0.29) is 1.43 Å². The quantitative estimate of drug-likeness (QED) is 0.615. The Kier molecular flexibility index (Phi) is 1.25. The summed E-state index contributed by atoms with van der Waals surface area (Å²) in [4.78, 5) is 3.99. The molecule has 2 nitrogen and oxygen atoms in total. The fourth-order valence-corrected chi connectivity index (χ4v) is 1.14. The maximum atomic E-state index is 5.65. The molecule has 0 saturated heterocycles. The van der Waals surface area contributed by atoms with Crippen LogP contribution in [0.15, 0.2) is 36.5 Å². The highest BCUT2D eigenvalue weighted by molar-refractivity contribution is 5.90. The van der Waals surface area contributed by atoms with Crippen LogP contribution in [0.4, 0.5) is 5.82 Å². The molecule has 0 saturated carbocycles. The van der Waals surface area contributed by atoms with E-state index in [9.17, 15) is 0 Å². The lowest BCUT2D eigenvalue weighted by atomic mass is 10.2. The minimum atomic E-state index is 0. The minimum absolute atomic E-state index is 0. The largest absolute Gasteiger partial charge is 1.00 e. The fourth-order valence-electron chi connectivity index (χ4n) is 1.14. The van der Waals surface area contributed by atoms with Crippen molar-refractivity contribution in [2.24, 2.45) is 0 Å². The highest BCUT2D eigenvalue weighted by Crippen LogP contribution is 2.16. The number of nitrogen functional groups attached to an aromatic ring is 1. The van der Waals surface area contributed by atoms with Crippen LogP contribution in [0.3, 0.4) is 0 Å². The third kappa shape index (κ3) is 0.923. The van der Waals surface area contributed by atoms with Crippen molar-refractivity contribution in [3.63, 3.8) is 0 Å². The van der Waals surface area contributed by atoms with E-state index in [1.165, 1.54) is 0 Å². The molecule has 1 aromatic carbocycles. The van der Waals surface area contributed by atoms with Crippen LogP contribution in [0.1, 0.15) is 1.43 Å². The number of nitrogens with two attached hydrogens (primary N) is 1. The van der Waals surface area contributed by atoms with Crippen LogP contribution >= 0.6 is 0 Å². The minimum Gasteiger partial charge on any atom is -0.383 e. The molecule has 0 radical (unpaired) electrons. The molecule has 0 fully saturated rings. The lowest BCUT2D eigenvalue weighted by Gasteiger charge is -1.97. The van der Waals surface area contributed by atoms with E-state index in [0.717, 1.165) is 10.8 Å². The molecule has 2 heteroatoms. The van der Waals surface area contributed by atoms with Gasteiger partial charge in [-0.25, -0.2) is 4.98 Å². The SMILES string of the molecule is Nc1nccc2ccccc12.[H+]. The topological polar surface area (TPSA) is 38.9 Å². The van der Waals surface area contributed by atoms with Gasteiger partial charge in [0.25, 0.3) is 0 Å². The number of fused-ring (bicyclic) bond motifs is 1. The maximum absolute atomic E-state index is 5.65. The van der Waals surface area contributed by atoms with Gasteiger partial charge < -0.3 is 5.73 Å². The normalized spacial score (nSPS) is 10.2. The van der Waals surface area contributed by atoms with Crippen molar-refractivity contribution in [2.45, 2.75) is 0 Å². The Hall–Kier alpha value is -1.57. The summed E-state index contributed by atoms with van der Waals surface area (Å²) >= 11 is 0. The van der Waals surface area contributed by atoms with Gasteiger partial charge in [0.1, 0.15) is 5.82 Å². The number of aromatic nitrogens is 1. The smallest absolute Gasteiger partial charge is 0.383 e. The monoisotopic (exact) mass is 145 g/mol. The molecule has 11 heavy (non-hydrogen) atoms. The van der Waals surface area contributed by atoms with Gasteiger partial charge in [0.05, 0.1) is 0 Å². The number of hydrogen-bond acceptors (Lipinski definition) is 2. The number of nitrogens with zero attached hydrogens (tertiary/aromatic N) is 1. The average Bonchev–Trinajstić information content (AvgIpc) is 2.06. The van der Waals surface area contributed by atoms with E-state index in [1.807, 2.05) is 30.3 Å². The second-order valence-electron chi connectivity index (χ2n) is 2.42. The first-order valence-corrected chi connectivity index (χ1v) is 3.47. The predicted molar refractivity (Wildman–Crippen MR) is 47.3 cm³/mol. The Morgan fingerprint density at radius 1 is 1.18 bits per heavy atom. The Labute approximate surface area is 66.2 Å². The molecule has 0 aliphatic heterocycles. The van der Waals surface area contributed by atoms with Crippen molar-refractivity contribution in [1.29, 1.82) is 0 Å². The van der Waals surface area contributed by atoms with Gasteiger partial charge in [-0.15, -0.1) is 0 Å². The number of rotatable bonds is 0. The van der Waals surface area contributed by atoms with E-state index in [1.54, 1.807) is 6.20 Å². The molecule has 2 aromatic rings. The molecular weight excluding hydrogens is 136 g/mol. The summed E-state index contributed by atoms with van der Waals surface area (Å²) in [5.41, 5.74) is 5.65. The molecule has 1 heterocycles. The van der Waals surface area contributed by atoms with Gasteiger partial charge in [-0.3, -0.25) is 0 Å². The molecule has 0 aliphatic rings. The highest BCUT2D eigenvalue weighted by atomic mass is 14.8. The molecule has 2 rings (SSSR count). The van der Waals surface area contributed by atoms with Crippen LogP contribution in [-0.4, -0.2) is 4.98 Å². The van der Waals surface area contributed by atoms with Gasteiger partial charge >= 0.3 is 1.43 Å². The van der Waals surface area contributed by atoms with Crippen LogP contribution in [0, 0.1) is 0 Å². The molecule has 0 amide bonds. The summed E-state index contributed by atoms with van der Waals surface area (Å²) < 4.78 is 0. The predicted octanol–water partition coefficient (Wildman–Crippen LogP) is 1.93. The van der Waals surface area contributed by atoms with Gasteiger partial charge in [0.2, 0.25) is 0 Å². The first-order chi connectivity index (χ1) is 5.38. The molecule has 0 bridgehead atoms. The van der Waals surface area contributed by atoms with Crippen molar-refractivity contribution < 1.29 is 1.43 Å². The Morgan fingerprint density at radius 3 is 2.82 bits per heavy atom. The Morgan fingerprint density at radius 2 is 2.00 bits per heavy atom. The van der Waals surface area contributed by atoms with Gasteiger partial charge in [0, 0.05) is 11.6 Å². The molecular formula is C9H9N2+. The molecule has 0 atom stereocenters. The Bertz CT molecular complexity index is 382. The van der Waals surface area contributed by atoms with Gasteiger partial charge in [0.15, 0.2) is 0 Å². The van der Waals surface area contributed by atoms with Crippen LogP contribution in [0.5, 0.6) is 0 Å². The van der Waals surface area contributed by atoms with Crippen LogP contribution in [-0.2, 0) is 0 Å². The van der Waals surface area contributed by atoms with E-state index >= 15 is 0 Å². The fraction of sp³-hybridized carbons (Fsp3) is 0. The molecule has 54 valence electrons. The van der Waals surface area contributed by atoms with Gasteiger partial charge in [-0.05, 0) is 11.5 Å². The molecule has 0 spiro atoms. The third-order valence-corrected chi connectivity index (χ3v) is 1.70. The first kappa shape index (κ1) is 6.16. The van der Waals surface area contributed by atoms with Gasteiger partial charge in [-0.1, -0.05) is 24.3 Å². The zero-order valence-corrected chi connectivity index (χ0v) is 5.99. The maximum Gasteiger partial charge on any atom is 1.00 e. The molecule has 2 N–H and O–H groups in total. The summed E-state index contributed by atoms with van der Waals surface area (Å²) in [6, 6.07) is 9.89. The summed E-state index contributed by atoms with van der Waals surface area (Å²) in [6.07, 6.45) is 1.72. The van der Waals surface area contributed by atoms with Crippen molar-refractivity contribution in [3.8, 4) is 0 Å². The van der Waals surface area contributed by atoms with Gasteiger partial charge in [-0.2, -0.15) is 0 Å². The zero-order valence-electron chi connectivity index (χ0n) is 6.99. The van der Waals surface area contributed by atoms with Crippen LogP contribution in [0.25, 0.3) is 10.8 Å². The zero-order chi connectivity index (χ0) is 7.68. The van der Waals surface area contributed by atoms with E-state index in [2.05, 4.69) is 4.98 Å². The number of hydrogen-bond donors (Lipinski definition) is 1. The summed E-state index contributed by atoms with van der Waals surface area (Å²) in [5, 5.41) is 2.16.